The molecule has 1 heterocycles. The minimum absolute atomic E-state index is 0.0195. The standard InChI is InChI=1S/C18H21N3O2/c1-4-20-17(22)14-10-15(21-16(11-14)18(23)19-3)12(2)13-8-6-5-7-9-13/h5-12H,4H2,1-3H3,(H,19,23)(H,20,22). The van der Waals surface area contributed by atoms with Crippen LogP contribution in [0.3, 0.4) is 0 Å². The second kappa shape index (κ2) is 7.54. The number of carbonyl (C=O) groups is 2. The third-order valence-corrected chi connectivity index (χ3v) is 3.65. The number of amides is 2. The molecule has 1 atom stereocenters. The molecule has 2 N–H and O–H groups in total. The van der Waals surface area contributed by atoms with Crippen LogP contribution in [0.1, 0.15) is 51.9 Å². The van der Waals surface area contributed by atoms with E-state index in [9.17, 15) is 9.59 Å². The summed E-state index contributed by atoms with van der Waals surface area (Å²) in [5, 5.41) is 5.31. The van der Waals surface area contributed by atoms with Crippen molar-refractivity contribution in [1.82, 2.24) is 15.6 Å². The van der Waals surface area contributed by atoms with E-state index < -0.39 is 0 Å². The average Bonchev–Trinajstić information content (AvgIpc) is 2.60. The van der Waals surface area contributed by atoms with E-state index in [0.29, 0.717) is 17.8 Å². The molecule has 23 heavy (non-hydrogen) atoms. The molecule has 1 aromatic carbocycles. The number of benzene rings is 1. The van der Waals surface area contributed by atoms with Crippen LogP contribution in [-0.2, 0) is 0 Å². The van der Waals surface area contributed by atoms with Gasteiger partial charge in [-0.25, -0.2) is 4.98 Å². The normalized spacial score (nSPS) is 11.6. The van der Waals surface area contributed by atoms with E-state index in [0.717, 1.165) is 5.56 Å². The van der Waals surface area contributed by atoms with Crippen LogP contribution in [0.5, 0.6) is 0 Å². The van der Waals surface area contributed by atoms with E-state index >= 15 is 0 Å². The summed E-state index contributed by atoms with van der Waals surface area (Å²) in [6.45, 7) is 4.39. The van der Waals surface area contributed by atoms with Gasteiger partial charge < -0.3 is 10.6 Å². The molecule has 0 aliphatic heterocycles. The van der Waals surface area contributed by atoms with Gasteiger partial charge in [0.2, 0.25) is 0 Å². The molecule has 5 nitrogen and oxygen atoms in total. The first kappa shape index (κ1) is 16.7. The molecular weight excluding hydrogens is 290 g/mol. The Bertz CT molecular complexity index is 699. The van der Waals surface area contributed by atoms with Gasteiger partial charge in [-0.3, -0.25) is 9.59 Å². The molecule has 0 radical (unpaired) electrons. The monoisotopic (exact) mass is 311 g/mol. The fourth-order valence-electron chi connectivity index (χ4n) is 2.32. The Balaban J connectivity index is 2.47. The van der Waals surface area contributed by atoms with Gasteiger partial charge in [0.25, 0.3) is 11.8 Å². The molecule has 0 aliphatic rings. The van der Waals surface area contributed by atoms with Gasteiger partial charge in [0.1, 0.15) is 5.69 Å². The average molecular weight is 311 g/mol. The summed E-state index contributed by atoms with van der Waals surface area (Å²) in [5.74, 6) is -0.534. The van der Waals surface area contributed by atoms with Gasteiger partial charge >= 0.3 is 0 Å². The molecule has 0 fully saturated rings. The Hall–Kier alpha value is -2.69. The molecule has 2 amide bonds. The van der Waals surface area contributed by atoms with Crippen molar-refractivity contribution in [3.05, 3.63) is 65.0 Å². The van der Waals surface area contributed by atoms with Crippen molar-refractivity contribution >= 4 is 11.8 Å². The van der Waals surface area contributed by atoms with E-state index in [2.05, 4.69) is 15.6 Å². The zero-order chi connectivity index (χ0) is 16.8. The Labute approximate surface area is 136 Å². The maximum absolute atomic E-state index is 12.1. The molecule has 5 heteroatoms. The maximum Gasteiger partial charge on any atom is 0.269 e. The number of carbonyl (C=O) groups excluding carboxylic acids is 2. The van der Waals surface area contributed by atoms with Gasteiger partial charge in [0, 0.05) is 30.8 Å². The van der Waals surface area contributed by atoms with Crippen LogP contribution in [0, 0.1) is 0 Å². The summed E-state index contributed by atoms with van der Waals surface area (Å²) in [6.07, 6.45) is 0. The Morgan fingerprint density at radius 1 is 1.13 bits per heavy atom. The van der Waals surface area contributed by atoms with Crippen molar-refractivity contribution in [2.45, 2.75) is 19.8 Å². The van der Waals surface area contributed by atoms with Crippen LogP contribution in [-0.4, -0.2) is 30.4 Å². The minimum Gasteiger partial charge on any atom is -0.354 e. The van der Waals surface area contributed by atoms with E-state index in [1.807, 2.05) is 44.2 Å². The third kappa shape index (κ3) is 3.94. The Morgan fingerprint density at radius 3 is 2.43 bits per heavy atom. The van der Waals surface area contributed by atoms with E-state index in [1.165, 1.54) is 6.07 Å². The first-order valence-corrected chi connectivity index (χ1v) is 7.64. The van der Waals surface area contributed by atoms with Crippen LogP contribution in [0.25, 0.3) is 0 Å². The summed E-state index contributed by atoms with van der Waals surface area (Å²) in [5.41, 5.74) is 2.46. The van der Waals surface area contributed by atoms with Crippen LogP contribution < -0.4 is 10.6 Å². The lowest BCUT2D eigenvalue weighted by Crippen LogP contribution is -2.25. The van der Waals surface area contributed by atoms with Gasteiger partial charge in [-0.1, -0.05) is 37.3 Å². The summed E-state index contributed by atoms with van der Waals surface area (Å²) in [7, 11) is 1.54. The molecule has 0 aliphatic carbocycles. The number of hydrogen-bond acceptors (Lipinski definition) is 3. The lowest BCUT2D eigenvalue weighted by atomic mass is 9.96. The first-order valence-electron chi connectivity index (χ1n) is 7.64. The van der Waals surface area contributed by atoms with E-state index in [1.54, 1.807) is 13.1 Å². The second-order valence-corrected chi connectivity index (χ2v) is 5.24. The molecule has 1 unspecified atom stereocenters. The molecule has 0 spiro atoms. The zero-order valence-corrected chi connectivity index (χ0v) is 13.6. The largest absolute Gasteiger partial charge is 0.354 e. The van der Waals surface area contributed by atoms with Crippen LogP contribution in [0.2, 0.25) is 0 Å². The summed E-state index contributed by atoms with van der Waals surface area (Å²) < 4.78 is 0. The highest BCUT2D eigenvalue weighted by molar-refractivity contribution is 5.98. The molecule has 120 valence electrons. The summed E-state index contributed by atoms with van der Waals surface area (Å²) >= 11 is 0. The predicted octanol–water partition coefficient (Wildman–Crippen LogP) is 2.34. The van der Waals surface area contributed by atoms with Crippen molar-refractivity contribution in [2.75, 3.05) is 13.6 Å². The highest BCUT2D eigenvalue weighted by Crippen LogP contribution is 2.23. The lowest BCUT2D eigenvalue weighted by Gasteiger charge is -2.14. The fraction of sp³-hybridized carbons (Fsp3) is 0.278. The van der Waals surface area contributed by atoms with Crippen molar-refractivity contribution in [3.8, 4) is 0 Å². The molecule has 0 saturated carbocycles. The molecule has 2 aromatic rings. The van der Waals surface area contributed by atoms with E-state index in [-0.39, 0.29) is 23.4 Å². The van der Waals surface area contributed by atoms with Gasteiger partial charge in [-0.2, -0.15) is 0 Å². The zero-order valence-electron chi connectivity index (χ0n) is 13.6. The van der Waals surface area contributed by atoms with Crippen LogP contribution >= 0.6 is 0 Å². The number of hydrogen-bond donors (Lipinski definition) is 2. The van der Waals surface area contributed by atoms with E-state index in [4.69, 9.17) is 0 Å². The number of aromatic nitrogens is 1. The number of rotatable bonds is 5. The van der Waals surface area contributed by atoms with Crippen LogP contribution in [0.4, 0.5) is 0 Å². The minimum atomic E-state index is -0.308. The van der Waals surface area contributed by atoms with Gasteiger partial charge in [0.05, 0.1) is 0 Å². The van der Waals surface area contributed by atoms with Gasteiger partial charge in [-0.15, -0.1) is 0 Å². The highest BCUT2D eigenvalue weighted by Gasteiger charge is 2.17. The molecular formula is C18H21N3O2. The van der Waals surface area contributed by atoms with Crippen molar-refractivity contribution in [3.63, 3.8) is 0 Å². The highest BCUT2D eigenvalue weighted by atomic mass is 16.2. The van der Waals surface area contributed by atoms with Crippen molar-refractivity contribution in [2.24, 2.45) is 0 Å². The van der Waals surface area contributed by atoms with Crippen molar-refractivity contribution in [1.29, 1.82) is 0 Å². The fourth-order valence-corrected chi connectivity index (χ4v) is 2.32. The van der Waals surface area contributed by atoms with Gasteiger partial charge in [0.15, 0.2) is 0 Å². The predicted molar refractivity (Wildman–Crippen MR) is 89.6 cm³/mol. The second-order valence-electron chi connectivity index (χ2n) is 5.24. The van der Waals surface area contributed by atoms with Gasteiger partial charge in [-0.05, 0) is 24.6 Å². The van der Waals surface area contributed by atoms with Crippen molar-refractivity contribution < 1.29 is 9.59 Å². The topological polar surface area (TPSA) is 71.1 Å². The molecule has 1 aromatic heterocycles. The summed E-state index contributed by atoms with van der Waals surface area (Å²) in [4.78, 5) is 28.5. The lowest BCUT2D eigenvalue weighted by molar-refractivity contribution is 0.0955. The Morgan fingerprint density at radius 2 is 1.83 bits per heavy atom. The molecule has 0 saturated heterocycles. The number of pyridine rings is 1. The third-order valence-electron chi connectivity index (χ3n) is 3.65. The SMILES string of the molecule is CCNC(=O)c1cc(C(=O)NC)nc(C(C)c2ccccc2)c1. The first-order chi connectivity index (χ1) is 11.1. The quantitative estimate of drug-likeness (QED) is 0.890. The molecule has 2 rings (SSSR count). The number of nitrogens with zero attached hydrogens (tertiary/aromatic N) is 1. The smallest absolute Gasteiger partial charge is 0.269 e. The maximum atomic E-state index is 12.1. The molecule has 0 bridgehead atoms. The number of nitrogens with one attached hydrogen (secondary N) is 2. The van der Waals surface area contributed by atoms with Crippen LogP contribution in [0.15, 0.2) is 42.5 Å². The summed E-state index contributed by atoms with van der Waals surface area (Å²) in [6, 6.07) is 13.1. The Kier molecular flexibility index (Phi) is 5.46.